The van der Waals surface area contributed by atoms with E-state index in [1.807, 2.05) is 18.8 Å². The number of hydrogen-bond donors (Lipinski definition) is 0. The molecule has 0 spiro atoms. The van der Waals surface area contributed by atoms with E-state index >= 15 is 0 Å². The van der Waals surface area contributed by atoms with E-state index in [1.165, 1.54) is 0 Å². The van der Waals surface area contributed by atoms with Crippen molar-refractivity contribution in [1.29, 1.82) is 0 Å². The van der Waals surface area contributed by atoms with E-state index in [0.717, 1.165) is 23.6 Å². The summed E-state index contributed by atoms with van der Waals surface area (Å²) in [5, 5.41) is 1.23. The topological polar surface area (TPSA) is 20.3 Å². The van der Waals surface area contributed by atoms with E-state index in [9.17, 15) is 4.79 Å². The van der Waals surface area contributed by atoms with Crippen LogP contribution in [0.5, 0.6) is 0 Å². The van der Waals surface area contributed by atoms with Crippen LogP contribution < -0.4 is 0 Å². The normalized spacial score (nSPS) is 20.9. The molecular formula is C13H15Cl2NOS. The van der Waals surface area contributed by atoms with Gasteiger partial charge in [-0.1, -0.05) is 23.2 Å². The third kappa shape index (κ3) is 3.41. The first-order valence-corrected chi connectivity index (χ1v) is 7.73. The second-order valence-electron chi connectivity index (χ2n) is 4.45. The molecule has 1 aliphatic heterocycles. The van der Waals surface area contributed by atoms with Crippen molar-refractivity contribution in [1.82, 2.24) is 4.90 Å². The van der Waals surface area contributed by atoms with Gasteiger partial charge in [-0.3, -0.25) is 9.69 Å². The van der Waals surface area contributed by atoms with Crippen molar-refractivity contribution in [2.75, 3.05) is 25.1 Å². The van der Waals surface area contributed by atoms with E-state index in [4.69, 9.17) is 23.2 Å². The van der Waals surface area contributed by atoms with E-state index in [-0.39, 0.29) is 11.8 Å². The molecule has 1 aromatic rings. The van der Waals surface area contributed by atoms with Crippen molar-refractivity contribution < 1.29 is 4.79 Å². The Bertz CT molecular complexity index is 453. The van der Waals surface area contributed by atoms with Crippen molar-refractivity contribution in [2.24, 2.45) is 0 Å². The Morgan fingerprint density at radius 1 is 1.50 bits per heavy atom. The maximum Gasteiger partial charge on any atom is 0.155 e. The Morgan fingerprint density at radius 3 is 3.00 bits per heavy atom. The van der Waals surface area contributed by atoms with Gasteiger partial charge in [0.25, 0.3) is 0 Å². The highest BCUT2D eigenvalue weighted by molar-refractivity contribution is 7.99. The van der Waals surface area contributed by atoms with Gasteiger partial charge in [0.2, 0.25) is 0 Å². The summed E-state index contributed by atoms with van der Waals surface area (Å²) in [6.45, 7) is 0.963. The van der Waals surface area contributed by atoms with E-state index < -0.39 is 0 Å². The largest absolute Gasteiger partial charge is 0.298 e. The zero-order valence-electron chi connectivity index (χ0n) is 10.2. The van der Waals surface area contributed by atoms with Crippen LogP contribution in [-0.2, 0) is 11.2 Å². The number of rotatable bonds is 3. The molecule has 0 saturated carbocycles. The van der Waals surface area contributed by atoms with E-state index in [1.54, 1.807) is 18.2 Å². The molecule has 2 rings (SSSR count). The number of halogens is 2. The third-order valence-corrected chi connectivity index (χ3v) is 4.77. The Balaban J connectivity index is 2.08. The molecule has 18 heavy (non-hydrogen) atoms. The maximum atomic E-state index is 12.3. The lowest BCUT2D eigenvalue weighted by Crippen LogP contribution is -2.45. The van der Waals surface area contributed by atoms with Gasteiger partial charge in [-0.25, -0.2) is 0 Å². The first kappa shape index (κ1) is 14.2. The van der Waals surface area contributed by atoms with Gasteiger partial charge < -0.3 is 0 Å². The summed E-state index contributed by atoms with van der Waals surface area (Å²) in [6, 6.07) is 5.25. The van der Waals surface area contributed by atoms with Gasteiger partial charge in [0.1, 0.15) is 0 Å². The molecule has 1 unspecified atom stereocenters. The van der Waals surface area contributed by atoms with Gasteiger partial charge in [-0.15, -0.1) is 0 Å². The number of carbonyl (C=O) groups is 1. The first-order valence-electron chi connectivity index (χ1n) is 5.82. The summed E-state index contributed by atoms with van der Waals surface area (Å²) in [7, 11) is 2.00. The Hall–Kier alpha value is -0.220. The number of Topliss-reactive ketones (excluding diaryl/α,β-unsaturated/α-hetero) is 1. The summed E-state index contributed by atoms with van der Waals surface area (Å²) in [4.78, 5) is 14.4. The number of carbonyl (C=O) groups excluding carboxylic acids is 1. The van der Waals surface area contributed by atoms with Crippen LogP contribution in [0, 0.1) is 0 Å². The smallest absolute Gasteiger partial charge is 0.155 e. The van der Waals surface area contributed by atoms with Crippen molar-refractivity contribution >= 4 is 40.7 Å². The quantitative estimate of drug-likeness (QED) is 0.855. The molecule has 0 bridgehead atoms. The fraction of sp³-hybridized carbons (Fsp3) is 0.462. The lowest BCUT2D eigenvalue weighted by molar-refractivity contribution is -0.122. The molecule has 0 N–H and O–H groups in total. The van der Waals surface area contributed by atoms with Gasteiger partial charge in [-0.05, 0) is 30.8 Å². The molecule has 0 aromatic heterocycles. The Labute approximate surface area is 122 Å². The highest BCUT2D eigenvalue weighted by Gasteiger charge is 2.26. The lowest BCUT2D eigenvalue weighted by Gasteiger charge is -2.30. The number of nitrogens with zero attached hydrogens (tertiary/aromatic N) is 1. The molecule has 1 heterocycles. The standard InChI is InChI=1S/C13H15Cl2NOS/c1-16-4-5-18-8-12(16)13(17)7-9-6-10(14)2-3-11(9)15/h2-3,6,12H,4-5,7-8H2,1H3. The van der Waals surface area contributed by atoms with Crippen LogP contribution >= 0.6 is 35.0 Å². The molecule has 1 saturated heterocycles. The summed E-state index contributed by atoms with van der Waals surface area (Å²) in [5.74, 6) is 2.18. The minimum Gasteiger partial charge on any atom is -0.298 e. The highest BCUT2D eigenvalue weighted by atomic mass is 35.5. The Morgan fingerprint density at radius 2 is 2.28 bits per heavy atom. The third-order valence-electron chi connectivity index (χ3n) is 3.14. The molecule has 0 radical (unpaired) electrons. The van der Waals surface area contributed by atoms with Crippen molar-refractivity contribution in [3.8, 4) is 0 Å². The van der Waals surface area contributed by atoms with E-state index in [2.05, 4.69) is 4.90 Å². The lowest BCUT2D eigenvalue weighted by atomic mass is 10.0. The second kappa shape index (κ2) is 6.29. The molecule has 1 atom stereocenters. The van der Waals surface area contributed by atoms with Gasteiger partial charge in [0, 0.05) is 34.5 Å². The summed E-state index contributed by atoms with van der Waals surface area (Å²) in [5.41, 5.74) is 0.818. The number of benzene rings is 1. The maximum absolute atomic E-state index is 12.3. The highest BCUT2D eigenvalue weighted by Crippen LogP contribution is 2.23. The minimum absolute atomic E-state index is 0.00111. The molecule has 1 aromatic carbocycles. The summed E-state index contributed by atoms with van der Waals surface area (Å²) >= 11 is 13.8. The fourth-order valence-electron chi connectivity index (χ4n) is 2.01. The second-order valence-corrected chi connectivity index (χ2v) is 6.44. The SMILES string of the molecule is CN1CCSCC1C(=O)Cc1cc(Cl)ccc1Cl. The van der Waals surface area contributed by atoms with Gasteiger partial charge in [-0.2, -0.15) is 11.8 Å². The summed E-state index contributed by atoms with van der Waals surface area (Å²) < 4.78 is 0. The number of ketones is 1. The minimum atomic E-state index is -0.00111. The van der Waals surface area contributed by atoms with Gasteiger partial charge >= 0.3 is 0 Å². The van der Waals surface area contributed by atoms with Crippen LogP contribution in [0.4, 0.5) is 0 Å². The van der Waals surface area contributed by atoms with Crippen molar-refractivity contribution in [3.05, 3.63) is 33.8 Å². The average molecular weight is 304 g/mol. The van der Waals surface area contributed by atoms with Crippen LogP contribution in [0.15, 0.2) is 18.2 Å². The molecule has 1 aliphatic rings. The zero-order chi connectivity index (χ0) is 13.1. The molecule has 5 heteroatoms. The number of thioether (sulfide) groups is 1. The van der Waals surface area contributed by atoms with Crippen LogP contribution in [0.3, 0.4) is 0 Å². The Kier molecular flexibility index (Phi) is 4.96. The average Bonchev–Trinajstić information content (AvgIpc) is 2.34. The zero-order valence-corrected chi connectivity index (χ0v) is 12.5. The van der Waals surface area contributed by atoms with Crippen LogP contribution in [-0.4, -0.2) is 41.8 Å². The molecular weight excluding hydrogens is 289 g/mol. The molecule has 0 aliphatic carbocycles. The van der Waals surface area contributed by atoms with Crippen LogP contribution in [0.1, 0.15) is 5.56 Å². The van der Waals surface area contributed by atoms with Gasteiger partial charge in [0.15, 0.2) is 5.78 Å². The van der Waals surface area contributed by atoms with Crippen molar-refractivity contribution in [3.63, 3.8) is 0 Å². The number of likely N-dealkylation sites (N-methyl/N-ethyl adjacent to an activating group) is 1. The van der Waals surface area contributed by atoms with Crippen LogP contribution in [0.25, 0.3) is 0 Å². The molecule has 1 fully saturated rings. The predicted molar refractivity (Wildman–Crippen MR) is 78.9 cm³/mol. The summed E-state index contributed by atoms with van der Waals surface area (Å²) in [6.07, 6.45) is 0.356. The monoisotopic (exact) mass is 303 g/mol. The van der Waals surface area contributed by atoms with E-state index in [0.29, 0.717) is 16.5 Å². The predicted octanol–water partition coefficient (Wildman–Crippen LogP) is 3.15. The first-order chi connectivity index (χ1) is 8.58. The van der Waals surface area contributed by atoms with Crippen LogP contribution in [0.2, 0.25) is 10.0 Å². The molecule has 0 amide bonds. The van der Waals surface area contributed by atoms with Crippen molar-refractivity contribution in [2.45, 2.75) is 12.5 Å². The molecule has 98 valence electrons. The molecule has 2 nitrogen and oxygen atoms in total. The van der Waals surface area contributed by atoms with Gasteiger partial charge in [0.05, 0.1) is 6.04 Å². The number of hydrogen-bond acceptors (Lipinski definition) is 3. The fourth-order valence-corrected chi connectivity index (χ4v) is 3.64.